The summed E-state index contributed by atoms with van der Waals surface area (Å²) >= 11 is 5.83. The fourth-order valence-corrected chi connectivity index (χ4v) is 1.89. The van der Waals surface area contributed by atoms with E-state index in [-0.39, 0.29) is 0 Å². The van der Waals surface area contributed by atoms with Gasteiger partial charge in [-0.05, 0) is 24.1 Å². The number of hydrogen-bond acceptors (Lipinski definition) is 2. The Morgan fingerprint density at radius 1 is 1.21 bits per heavy atom. The molecule has 1 aliphatic heterocycles. The Kier molecular flexibility index (Phi) is 3.40. The summed E-state index contributed by atoms with van der Waals surface area (Å²) in [5, 5.41) is 7.67. The minimum atomic E-state index is 0.560. The maximum atomic E-state index is 5.83. The van der Waals surface area contributed by atoms with Crippen LogP contribution in [0.5, 0.6) is 0 Å². The maximum Gasteiger partial charge on any atom is 0.0406 e. The van der Waals surface area contributed by atoms with Gasteiger partial charge in [-0.1, -0.05) is 23.7 Å². The number of benzene rings is 1. The number of rotatable bonds is 2. The Balaban J connectivity index is 1.92. The van der Waals surface area contributed by atoms with Crippen LogP contribution in [-0.4, -0.2) is 25.7 Å². The standard InChI is InChI=1S/C11H15ClN2/c12-10-3-1-9(2-4-10)7-11-8-13-5-6-14-11/h1-4,11,13-14H,5-8H2. The van der Waals surface area contributed by atoms with Crippen molar-refractivity contribution < 1.29 is 0 Å². The lowest BCUT2D eigenvalue weighted by atomic mass is 10.1. The largest absolute Gasteiger partial charge is 0.314 e. The molecule has 1 heterocycles. The van der Waals surface area contributed by atoms with E-state index in [2.05, 4.69) is 22.8 Å². The summed E-state index contributed by atoms with van der Waals surface area (Å²) in [5.41, 5.74) is 1.34. The topological polar surface area (TPSA) is 24.1 Å². The zero-order valence-electron chi connectivity index (χ0n) is 8.09. The zero-order chi connectivity index (χ0) is 9.80. The molecule has 1 atom stereocenters. The summed E-state index contributed by atoms with van der Waals surface area (Å²) in [4.78, 5) is 0. The molecule has 2 rings (SSSR count). The van der Waals surface area contributed by atoms with E-state index in [9.17, 15) is 0 Å². The van der Waals surface area contributed by atoms with Crippen molar-refractivity contribution >= 4 is 11.6 Å². The van der Waals surface area contributed by atoms with Gasteiger partial charge in [-0.2, -0.15) is 0 Å². The Morgan fingerprint density at radius 2 is 2.00 bits per heavy atom. The summed E-state index contributed by atoms with van der Waals surface area (Å²) < 4.78 is 0. The van der Waals surface area contributed by atoms with Gasteiger partial charge < -0.3 is 10.6 Å². The Labute approximate surface area is 89.7 Å². The highest BCUT2D eigenvalue weighted by atomic mass is 35.5. The molecule has 1 aliphatic rings. The number of halogens is 1. The molecule has 1 fully saturated rings. The van der Waals surface area contributed by atoms with E-state index in [4.69, 9.17) is 11.6 Å². The third kappa shape index (κ3) is 2.71. The van der Waals surface area contributed by atoms with E-state index in [0.29, 0.717) is 6.04 Å². The van der Waals surface area contributed by atoms with Gasteiger partial charge in [-0.25, -0.2) is 0 Å². The molecule has 14 heavy (non-hydrogen) atoms. The van der Waals surface area contributed by atoms with Crippen LogP contribution in [-0.2, 0) is 6.42 Å². The van der Waals surface area contributed by atoms with Gasteiger partial charge in [-0.15, -0.1) is 0 Å². The van der Waals surface area contributed by atoms with Crippen LogP contribution in [0, 0.1) is 0 Å². The molecule has 0 spiro atoms. The summed E-state index contributed by atoms with van der Waals surface area (Å²) in [5.74, 6) is 0. The van der Waals surface area contributed by atoms with Crippen molar-refractivity contribution in [2.24, 2.45) is 0 Å². The zero-order valence-corrected chi connectivity index (χ0v) is 8.85. The SMILES string of the molecule is Clc1ccc(CC2CNCCN2)cc1. The lowest BCUT2D eigenvalue weighted by molar-refractivity contribution is 0.416. The Bertz CT molecular complexity index is 278. The van der Waals surface area contributed by atoms with Crippen LogP contribution in [0.2, 0.25) is 5.02 Å². The lowest BCUT2D eigenvalue weighted by Crippen LogP contribution is -2.49. The van der Waals surface area contributed by atoms with Crippen molar-refractivity contribution in [1.82, 2.24) is 10.6 Å². The fraction of sp³-hybridized carbons (Fsp3) is 0.455. The van der Waals surface area contributed by atoms with Crippen molar-refractivity contribution in [1.29, 1.82) is 0 Å². The van der Waals surface area contributed by atoms with Crippen LogP contribution >= 0.6 is 11.6 Å². The molecule has 0 amide bonds. The molecule has 0 aromatic heterocycles. The van der Waals surface area contributed by atoms with Gasteiger partial charge in [0, 0.05) is 30.7 Å². The van der Waals surface area contributed by atoms with Crippen molar-refractivity contribution in [2.45, 2.75) is 12.5 Å². The van der Waals surface area contributed by atoms with Crippen molar-refractivity contribution in [3.63, 3.8) is 0 Å². The number of nitrogens with one attached hydrogen (secondary N) is 2. The molecule has 76 valence electrons. The normalized spacial score (nSPS) is 22.2. The molecule has 1 unspecified atom stereocenters. The third-order valence-electron chi connectivity index (χ3n) is 2.52. The van der Waals surface area contributed by atoms with E-state index < -0.39 is 0 Å². The first kappa shape index (κ1) is 9.97. The monoisotopic (exact) mass is 210 g/mol. The molecule has 0 bridgehead atoms. The van der Waals surface area contributed by atoms with Gasteiger partial charge in [0.25, 0.3) is 0 Å². The summed E-state index contributed by atoms with van der Waals surface area (Å²) in [7, 11) is 0. The minimum Gasteiger partial charge on any atom is -0.314 e. The molecule has 1 saturated heterocycles. The quantitative estimate of drug-likeness (QED) is 0.772. The molecule has 3 heteroatoms. The molecule has 2 N–H and O–H groups in total. The second kappa shape index (κ2) is 4.78. The first-order valence-corrected chi connectivity index (χ1v) is 5.41. The first-order chi connectivity index (χ1) is 6.84. The summed E-state index contributed by atoms with van der Waals surface area (Å²) in [6.45, 7) is 3.21. The molecule has 1 aromatic carbocycles. The van der Waals surface area contributed by atoms with Crippen molar-refractivity contribution in [3.05, 3.63) is 34.9 Å². The summed E-state index contributed by atoms with van der Waals surface area (Å²) in [6, 6.07) is 8.65. The average molecular weight is 211 g/mol. The highest BCUT2D eigenvalue weighted by Gasteiger charge is 2.11. The predicted molar refractivity (Wildman–Crippen MR) is 59.8 cm³/mol. The molecule has 0 saturated carbocycles. The van der Waals surface area contributed by atoms with Gasteiger partial charge in [0.15, 0.2) is 0 Å². The second-order valence-electron chi connectivity index (χ2n) is 3.69. The second-order valence-corrected chi connectivity index (χ2v) is 4.12. The molecule has 0 aliphatic carbocycles. The van der Waals surface area contributed by atoms with E-state index in [0.717, 1.165) is 31.1 Å². The van der Waals surface area contributed by atoms with Gasteiger partial charge in [0.05, 0.1) is 0 Å². The molecular formula is C11H15ClN2. The predicted octanol–water partition coefficient (Wildman–Crippen LogP) is 1.44. The molecule has 1 aromatic rings. The van der Waals surface area contributed by atoms with Crippen LogP contribution in [0.25, 0.3) is 0 Å². The van der Waals surface area contributed by atoms with E-state index >= 15 is 0 Å². The highest BCUT2D eigenvalue weighted by Crippen LogP contribution is 2.11. The molecular weight excluding hydrogens is 196 g/mol. The van der Waals surface area contributed by atoms with Crippen molar-refractivity contribution in [2.75, 3.05) is 19.6 Å². The first-order valence-electron chi connectivity index (χ1n) is 5.03. The Hall–Kier alpha value is -0.570. The highest BCUT2D eigenvalue weighted by molar-refractivity contribution is 6.30. The van der Waals surface area contributed by atoms with Gasteiger partial charge in [-0.3, -0.25) is 0 Å². The third-order valence-corrected chi connectivity index (χ3v) is 2.77. The average Bonchev–Trinajstić information content (AvgIpc) is 2.23. The van der Waals surface area contributed by atoms with Crippen LogP contribution < -0.4 is 10.6 Å². The maximum absolute atomic E-state index is 5.83. The lowest BCUT2D eigenvalue weighted by Gasteiger charge is -2.24. The Morgan fingerprint density at radius 3 is 2.64 bits per heavy atom. The van der Waals surface area contributed by atoms with Crippen LogP contribution in [0.4, 0.5) is 0 Å². The van der Waals surface area contributed by atoms with Gasteiger partial charge >= 0.3 is 0 Å². The van der Waals surface area contributed by atoms with Crippen molar-refractivity contribution in [3.8, 4) is 0 Å². The summed E-state index contributed by atoms with van der Waals surface area (Å²) in [6.07, 6.45) is 1.07. The molecule has 0 radical (unpaired) electrons. The van der Waals surface area contributed by atoms with Crippen LogP contribution in [0.15, 0.2) is 24.3 Å². The minimum absolute atomic E-state index is 0.560. The fourth-order valence-electron chi connectivity index (χ4n) is 1.76. The van der Waals surface area contributed by atoms with Crippen LogP contribution in [0.1, 0.15) is 5.56 Å². The van der Waals surface area contributed by atoms with E-state index in [1.807, 2.05) is 12.1 Å². The smallest absolute Gasteiger partial charge is 0.0406 e. The van der Waals surface area contributed by atoms with Gasteiger partial charge in [0.2, 0.25) is 0 Å². The van der Waals surface area contributed by atoms with E-state index in [1.165, 1.54) is 5.56 Å². The van der Waals surface area contributed by atoms with Crippen LogP contribution in [0.3, 0.4) is 0 Å². The van der Waals surface area contributed by atoms with Gasteiger partial charge in [0.1, 0.15) is 0 Å². The number of hydrogen-bond donors (Lipinski definition) is 2. The number of piperazine rings is 1. The van der Waals surface area contributed by atoms with E-state index in [1.54, 1.807) is 0 Å². The molecule has 2 nitrogen and oxygen atoms in total.